The zero-order valence-corrected chi connectivity index (χ0v) is 11.5. The second-order valence-corrected chi connectivity index (χ2v) is 10.8. The Balaban J connectivity index is 2.33. The Bertz CT molecular complexity index is 486. The minimum atomic E-state index is -1.01. The van der Waals surface area contributed by atoms with E-state index in [2.05, 4.69) is 62.5 Å². The molecule has 0 amide bonds. The molecule has 0 aliphatic rings. The molecule has 2 aromatic rings. The molecule has 1 heteroatoms. The lowest BCUT2D eigenvalue weighted by Gasteiger charge is -2.20. The molecule has 0 radical (unpaired) electrons. The fourth-order valence-corrected chi connectivity index (χ4v) is 3.60. The summed E-state index contributed by atoms with van der Waals surface area (Å²) in [5.41, 5.74) is 1.51. The predicted molar refractivity (Wildman–Crippen MR) is 75.6 cm³/mol. The summed E-state index contributed by atoms with van der Waals surface area (Å²) in [6.07, 6.45) is 0. The molecule has 2 rings (SSSR count). The summed E-state index contributed by atoms with van der Waals surface area (Å²) in [6, 6.07) is 18.2. The van der Waals surface area contributed by atoms with Gasteiger partial charge in [0.2, 0.25) is 0 Å². The van der Waals surface area contributed by atoms with Crippen LogP contribution in [-0.2, 0) is 6.04 Å². The van der Waals surface area contributed by atoms with Gasteiger partial charge in [-0.3, -0.25) is 0 Å². The molecule has 0 N–H and O–H groups in total. The number of hydrogen-bond donors (Lipinski definition) is 0. The Hall–Kier alpha value is -1.08. The molecule has 0 aliphatic carbocycles. The Morgan fingerprint density at radius 2 is 1.62 bits per heavy atom. The van der Waals surface area contributed by atoms with Crippen LogP contribution in [0.4, 0.5) is 0 Å². The van der Waals surface area contributed by atoms with Crippen molar-refractivity contribution in [2.45, 2.75) is 32.1 Å². The molecule has 0 nitrogen and oxygen atoms in total. The molecule has 0 heterocycles. The van der Waals surface area contributed by atoms with E-state index >= 15 is 0 Å². The maximum atomic E-state index is 2.47. The maximum Gasteiger partial charge on any atom is 0.0515 e. The molecule has 0 spiro atoms. The highest BCUT2D eigenvalue weighted by Gasteiger charge is 2.18. The average Bonchev–Trinajstić information content (AvgIpc) is 2.28. The van der Waals surface area contributed by atoms with Gasteiger partial charge in [0.05, 0.1) is 8.07 Å². The van der Waals surface area contributed by atoms with Gasteiger partial charge < -0.3 is 0 Å². The van der Waals surface area contributed by atoms with Crippen molar-refractivity contribution < 1.29 is 0 Å². The minimum Gasteiger partial charge on any atom is -0.0691 e. The van der Waals surface area contributed by atoms with Gasteiger partial charge in [0.15, 0.2) is 0 Å². The molecule has 16 heavy (non-hydrogen) atoms. The molecular weight excluding hydrogens is 208 g/mol. The van der Waals surface area contributed by atoms with E-state index in [4.69, 9.17) is 0 Å². The lowest BCUT2D eigenvalue weighted by atomic mass is 10.1. The third-order valence-corrected chi connectivity index (χ3v) is 6.73. The summed E-state index contributed by atoms with van der Waals surface area (Å²) in [7, 11) is -1.01. The van der Waals surface area contributed by atoms with Crippen molar-refractivity contribution in [2.75, 3.05) is 0 Å². The van der Waals surface area contributed by atoms with Crippen LogP contribution in [0.5, 0.6) is 0 Å². The van der Waals surface area contributed by atoms with Crippen molar-refractivity contribution in [3.05, 3.63) is 48.0 Å². The third kappa shape index (κ3) is 2.53. The van der Waals surface area contributed by atoms with Crippen LogP contribution in [0, 0.1) is 0 Å². The molecule has 0 saturated heterocycles. The van der Waals surface area contributed by atoms with E-state index in [9.17, 15) is 0 Å². The Morgan fingerprint density at radius 3 is 2.31 bits per heavy atom. The van der Waals surface area contributed by atoms with Crippen LogP contribution in [0.25, 0.3) is 10.8 Å². The second-order valence-electron chi connectivity index (χ2n) is 5.38. The van der Waals surface area contributed by atoms with E-state index < -0.39 is 8.07 Å². The van der Waals surface area contributed by atoms with Gasteiger partial charge in [-0.2, -0.15) is 0 Å². The van der Waals surface area contributed by atoms with E-state index in [0.717, 1.165) is 0 Å². The van der Waals surface area contributed by atoms with Crippen molar-refractivity contribution in [2.24, 2.45) is 0 Å². The first-order valence-electron chi connectivity index (χ1n) is 6.08. The minimum absolute atomic E-state index is 1.01. The highest BCUT2D eigenvalue weighted by Crippen LogP contribution is 2.20. The SMILES string of the molecule is CC[Si](C)(C)Cc1ccc2ccccc2c1. The number of rotatable bonds is 3. The molecule has 0 bridgehead atoms. The molecule has 84 valence electrons. The smallest absolute Gasteiger partial charge is 0.0515 e. The van der Waals surface area contributed by atoms with E-state index in [1.165, 1.54) is 28.4 Å². The highest BCUT2D eigenvalue weighted by molar-refractivity contribution is 6.76. The van der Waals surface area contributed by atoms with Crippen LogP contribution in [0.1, 0.15) is 12.5 Å². The van der Waals surface area contributed by atoms with Gasteiger partial charge in [-0.05, 0) is 16.8 Å². The molecule has 0 aliphatic heterocycles. The third-order valence-electron chi connectivity index (χ3n) is 3.45. The summed E-state index contributed by atoms with van der Waals surface area (Å²) in [6.45, 7) is 7.28. The van der Waals surface area contributed by atoms with Gasteiger partial charge in [0.25, 0.3) is 0 Å². The normalized spacial score (nSPS) is 11.9. The van der Waals surface area contributed by atoms with E-state index in [-0.39, 0.29) is 0 Å². The number of fused-ring (bicyclic) bond motifs is 1. The summed E-state index contributed by atoms with van der Waals surface area (Å²) in [5, 5.41) is 2.73. The highest BCUT2D eigenvalue weighted by atomic mass is 28.3. The predicted octanol–water partition coefficient (Wildman–Crippen LogP) is 4.65. The summed E-state index contributed by atoms with van der Waals surface area (Å²) in [4.78, 5) is 0. The Morgan fingerprint density at radius 1 is 0.938 bits per heavy atom. The zero-order valence-electron chi connectivity index (χ0n) is 10.5. The summed E-state index contributed by atoms with van der Waals surface area (Å²) < 4.78 is 0. The van der Waals surface area contributed by atoms with Gasteiger partial charge in [-0.25, -0.2) is 0 Å². The maximum absolute atomic E-state index is 2.47. The van der Waals surface area contributed by atoms with E-state index in [1.54, 1.807) is 0 Å². The van der Waals surface area contributed by atoms with E-state index in [1.807, 2.05) is 0 Å². The fraction of sp³-hybridized carbons (Fsp3) is 0.333. The number of hydrogen-bond acceptors (Lipinski definition) is 0. The lowest BCUT2D eigenvalue weighted by molar-refractivity contribution is 1.23. The molecule has 0 atom stereocenters. The zero-order chi connectivity index (χ0) is 11.6. The van der Waals surface area contributed by atoms with Gasteiger partial charge in [0, 0.05) is 0 Å². The molecule has 0 saturated carbocycles. The van der Waals surface area contributed by atoms with Gasteiger partial charge in [-0.1, -0.05) is 74.1 Å². The van der Waals surface area contributed by atoms with Crippen LogP contribution in [0.2, 0.25) is 19.1 Å². The van der Waals surface area contributed by atoms with Crippen LogP contribution < -0.4 is 0 Å². The largest absolute Gasteiger partial charge is 0.0691 e. The first kappa shape index (κ1) is 11.4. The molecule has 2 aromatic carbocycles. The van der Waals surface area contributed by atoms with Crippen molar-refractivity contribution >= 4 is 18.8 Å². The summed E-state index contributed by atoms with van der Waals surface area (Å²) in [5.74, 6) is 0. The van der Waals surface area contributed by atoms with Gasteiger partial charge in [-0.15, -0.1) is 0 Å². The van der Waals surface area contributed by atoms with E-state index in [0.29, 0.717) is 0 Å². The van der Waals surface area contributed by atoms with Crippen molar-refractivity contribution in [1.29, 1.82) is 0 Å². The Kier molecular flexibility index (Phi) is 3.15. The first-order valence-corrected chi connectivity index (χ1v) is 9.50. The monoisotopic (exact) mass is 228 g/mol. The fourth-order valence-electron chi connectivity index (χ4n) is 2.03. The molecule has 0 unspecified atom stereocenters. The first-order chi connectivity index (χ1) is 7.61. The lowest BCUT2D eigenvalue weighted by Crippen LogP contribution is -2.27. The van der Waals surface area contributed by atoms with Crippen molar-refractivity contribution in [3.63, 3.8) is 0 Å². The van der Waals surface area contributed by atoms with Crippen LogP contribution in [0.3, 0.4) is 0 Å². The number of benzene rings is 2. The summed E-state index contributed by atoms with van der Waals surface area (Å²) >= 11 is 0. The standard InChI is InChI=1S/C15H20Si/c1-4-16(2,3)12-13-9-10-14-7-5-6-8-15(14)11-13/h5-11H,4,12H2,1-3H3. The van der Waals surface area contributed by atoms with Crippen LogP contribution in [0.15, 0.2) is 42.5 Å². The molecule has 0 aromatic heterocycles. The topological polar surface area (TPSA) is 0 Å². The average molecular weight is 228 g/mol. The van der Waals surface area contributed by atoms with Gasteiger partial charge in [0.1, 0.15) is 0 Å². The Labute approximate surface area is 99.3 Å². The van der Waals surface area contributed by atoms with Crippen LogP contribution >= 0.6 is 0 Å². The van der Waals surface area contributed by atoms with Crippen molar-refractivity contribution in [3.8, 4) is 0 Å². The van der Waals surface area contributed by atoms with Crippen LogP contribution in [-0.4, -0.2) is 8.07 Å². The second kappa shape index (κ2) is 4.42. The molecule has 0 fully saturated rings. The quantitative estimate of drug-likeness (QED) is 0.671. The van der Waals surface area contributed by atoms with Gasteiger partial charge >= 0.3 is 0 Å². The molecular formula is C15H20Si. The van der Waals surface area contributed by atoms with Crippen molar-refractivity contribution in [1.82, 2.24) is 0 Å².